The van der Waals surface area contributed by atoms with Gasteiger partial charge in [-0.05, 0) is 32.6 Å². The van der Waals surface area contributed by atoms with Crippen LogP contribution in [0.25, 0.3) is 0 Å². The van der Waals surface area contributed by atoms with Crippen LogP contribution in [0.2, 0.25) is 0 Å². The van der Waals surface area contributed by atoms with Crippen molar-refractivity contribution >= 4 is 5.91 Å². The molecule has 5 nitrogen and oxygen atoms in total. The van der Waals surface area contributed by atoms with Crippen molar-refractivity contribution in [2.75, 3.05) is 13.2 Å². The predicted molar refractivity (Wildman–Crippen MR) is 61.6 cm³/mol. The highest BCUT2D eigenvalue weighted by atomic mass is 16.5. The van der Waals surface area contributed by atoms with Crippen molar-refractivity contribution in [3.05, 3.63) is 17.5 Å². The molecule has 0 aromatic carbocycles. The Morgan fingerprint density at radius 3 is 2.88 bits per heavy atom. The van der Waals surface area contributed by atoms with Gasteiger partial charge in [-0.15, -0.1) is 0 Å². The Hall–Kier alpha value is -1.36. The number of nitrogens with zero attached hydrogens (tertiary/aromatic N) is 2. The van der Waals surface area contributed by atoms with E-state index in [-0.39, 0.29) is 12.5 Å². The minimum absolute atomic E-state index is 0.0989. The van der Waals surface area contributed by atoms with E-state index in [2.05, 4.69) is 5.16 Å². The second kappa shape index (κ2) is 5.31. The Labute approximate surface area is 100 Å². The predicted octanol–water partition coefficient (Wildman–Crippen LogP) is 1.36. The summed E-state index contributed by atoms with van der Waals surface area (Å²) in [6.45, 7) is 2.50. The lowest BCUT2D eigenvalue weighted by atomic mass is 9.91. The number of aliphatic hydroxyl groups is 1. The lowest BCUT2D eigenvalue weighted by molar-refractivity contribution is 0.0520. The van der Waals surface area contributed by atoms with Gasteiger partial charge >= 0.3 is 0 Å². The summed E-state index contributed by atoms with van der Waals surface area (Å²) < 4.78 is 5.00. The molecule has 2 rings (SSSR count). The molecule has 94 valence electrons. The molecule has 1 N–H and O–H groups in total. The number of carbonyl (C=O) groups excluding carboxylic acids is 1. The molecule has 5 heteroatoms. The molecule has 0 aliphatic heterocycles. The summed E-state index contributed by atoms with van der Waals surface area (Å²) in [7, 11) is 0. The van der Waals surface area contributed by atoms with E-state index in [1.54, 1.807) is 6.20 Å². The maximum Gasteiger partial charge on any atom is 0.292 e. The minimum atomic E-state index is -0.0989. The van der Waals surface area contributed by atoms with Gasteiger partial charge in [0.15, 0.2) is 0 Å². The molecule has 1 amide bonds. The average molecular weight is 238 g/mol. The van der Waals surface area contributed by atoms with Crippen LogP contribution in [0.1, 0.15) is 41.8 Å². The fourth-order valence-corrected chi connectivity index (χ4v) is 2.02. The van der Waals surface area contributed by atoms with E-state index >= 15 is 0 Å². The van der Waals surface area contributed by atoms with Crippen molar-refractivity contribution in [3.8, 4) is 0 Å². The van der Waals surface area contributed by atoms with Gasteiger partial charge in [-0.3, -0.25) is 4.79 Å². The van der Waals surface area contributed by atoms with Crippen molar-refractivity contribution < 1.29 is 14.4 Å². The van der Waals surface area contributed by atoms with Gasteiger partial charge in [0, 0.05) is 24.8 Å². The van der Waals surface area contributed by atoms with E-state index in [4.69, 9.17) is 9.63 Å². The third-order valence-corrected chi connectivity index (χ3v) is 3.28. The number of carbonyl (C=O) groups is 1. The molecule has 1 aliphatic carbocycles. The Bertz CT molecular complexity index is 385. The highest BCUT2D eigenvalue weighted by molar-refractivity contribution is 5.92. The summed E-state index contributed by atoms with van der Waals surface area (Å²) in [6.07, 6.45) is 5.42. The molecule has 0 atom stereocenters. The SMILES string of the molecule is Cc1cnoc1C(=O)N(CCCO)C1CCC1. The fraction of sp³-hybridized carbons (Fsp3) is 0.667. The van der Waals surface area contributed by atoms with Crippen molar-refractivity contribution in [1.82, 2.24) is 10.1 Å². The van der Waals surface area contributed by atoms with Gasteiger partial charge in [-0.25, -0.2) is 0 Å². The first-order chi connectivity index (χ1) is 8.24. The molecule has 0 unspecified atom stereocenters. The lowest BCUT2D eigenvalue weighted by Crippen LogP contribution is -2.45. The minimum Gasteiger partial charge on any atom is -0.396 e. The monoisotopic (exact) mass is 238 g/mol. The van der Waals surface area contributed by atoms with Crippen LogP contribution in [0.15, 0.2) is 10.7 Å². The number of hydrogen-bond donors (Lipinski definition) is 1. The van der Waals surface area contributed by atoms with Gasteiger partial charge in [-0.1, -0.05) is 5.16 Å². The summed E-state index contributed by atoms with van der Waals surface area (Å²) in [5, 5.41) is 12.5. The van der Waals surface area contributed by atoms with Crippen molar-refractivity contribution in [2.24, 2.45) is 0 Å². The third kappa shape index (κ3) is 2.49. The molecule has 0 radical (unpaired) electrons. The highest BCUT2D eigenvalue weighted by Gasteiger charge is 2.31. The summed E-state index contributed by atoms with van der Waals surface area (Å²) in [5.74, 6) is 0.230. The van der Waals surface area contributed by atoms with Crippen LogP contribution >= 0.6 is 0 Å². The van der Waals surface area contributed by atoms with Gasteiger partial charge in [0.25, 0.3) is 5.91 Å². The zero-order chi connectivity index (χ0) is 12.3. The molecule has 1 heterocycles. The topological polar surface area (TPSA) is 66.6 Å². The van der Waals surface area contributed by atoms with Crippen molar-refractivity contribution in [3.63, 3.8) is 0 Å². The molecule has 0 bridgehead atoms. The number of rotatable bonds is 5. The quantitative estimate of drug-likeness (QED) is 0.841. The van der Waals surface area contributed by atoms with E-state index in [0.29, 0.717) is 24.8 Å². The van der Waals surface area contributed by atoms with E-state index in [9.17, 15) is 4.79 Å². The summed E-state index contributed by atoms with van der Waals surface area (Å²) in [4.78, 5) is 14.1. The summed E-state index contributed by atoms with van der Waals surface area (Å²) in [5.41, 5.74) is 0.767. The molecule has 1 aromatic heterocycles. The zero-order valence-corrected chi connectivity index (χ0v) is 10.1. The first kappa shape index (κ1) is 12.1. The van der Waals surface area contributed by atoms with Crippen LogP contribution in [0.5, 0.6) is 0 Å². The van der Waals surface area contributed by atoms with Gasteiger partial charge in [0.2, 0.25) is 5.76 Å². The molecule has 0 spiro atoms. The number of aromatic nitrogens is 1. The maximum absolute atomic E-state index is 12.3. The highest BCUT2D eigenvalue weighted by Crippen LogP contribution is 2.26. The second-order valence-electron chi connectivity index (χ2n) is 4.50. The Balaban J connectivity index is 2.09. The molecular formula is C12H18N2O3. The van der Waals surface area contributed by atoms with Gasteiger partial charge in [-0.2, -0.15) is 0 Å². The molecule has 1 aromatic rings. The van der Waals surface area contributed by atoms with E-state index in [0.717, 1.165) is 18.4 Å². The normalized spacial score (nSPS) is 15.6. The summed E-state index contributed by atoms with van der Waals surface area (Å²) >= 11 is 0. The van der Waals surface area contributed by atoms with Crippen molar-refractivity contribution in [1.29, 1.82) is 0 Å². The molecule has 1 fully saturated rings. The molecule has 17 heavy (non-hydrogen) atoms. The smallest absolute Gasteiger partial charge is 0.292 e. The van der Waals surface area contributed by atoms with Crippen LogP contribution in [-0.2, 0) is 0 Å². The molecular weight excluding hydrogens is 220 g/mol. The molecule has 1 saturated carbocycles. The van der Waals surface area contributed by atoms with Crippen LogP contribution in [-0.4, -0.2) is 40.3 Å². The van der Waals surface area contributed by atoms with Gasteiger partial charge in [0.05, 0.1) is 6.20 Å². The van der Waals surface area contributed by atoms with E-state index in [1.165, 1.54) is 6.42 Å². The Kier molecular flexibility index (Phi) is 3.78. The number of amides is 1. The van der Waals surface area contributed by atoms with E-state index in [1.807, 2.05) is 11.8 Å². The molecule has 1 aliphatic rings. The van der Waals surface area contributed by atoms with Gasteiger partial charge < -0.3 is 14.5 Å². The lowest BCUT2D eigenvalue weighted by Gasteiger charge is -2.37. The number of aryl methyl sites for hydroxylation is 1. The number of hydrogen-bond acceptors (Lipinski definition) is 4. The third-order valence-electron chi connectivity index (χ3n) is 3.28. The zero-order valence-electron chi connectivity index (χ0n) is 10.1. The number of aliphatic hydroxyl groups excluding tert-OH is 1. The average Bonchev–Trinajstić information content (AvgIpc) is 2.67. The fourth-order valence-electron chi connectivity index (χ4n) is 2.02. The first-order valence-corrected chi connectivity index (χ1v) is 6.07. The largest absolute Gasteiger partial charge is 0.396 e. The first-order valence-electron chi connectivity index (χ1n) is 6.07. The van der Waals surface area contributed by atoms with Crippen LogP contribution in [0.3, 0.4) is 0 Å². The van der Waals surface area contributed by atoms with Crippen molar-refractivity contribution in [2.45, 2.75) is 38.6 Å². The van der Waals surface area contributed by atoms with Crippen LogP contribution in [0.4, 0.5) is 0 Å². The molecule has 0 saturated heterocycles. The van der Waals surface area contributed by atoms with Crippen LogP contribution in [0, 0.1) is 6.92 Å². The standard InChI is InChI=1S/C12H18N2O3/c1-9-8-13-17-11(9)12(16)14(6-3-7-15)10-4-2-5-10/h8,10,15H,2-7H2,1H3. The Morgan fingerprint density at radius 2 is 2.41 bits per heavy atom. The Morgan fingerprint density at radius 1 is 1.65 bits per heavy atom. The maximum atomic E-state index is 12.3. The van der Waals surface area contributed by atoms with Gasteiger partial charge in [0.1, 0.15) is 0 Å². The summed E-state index contributed by atoms with van der Waals surface area (Å²) in [6, 6.07) is 0.304. The van der Waals surface area contributed by atoms with E-state index < -0.39 is 0 Å². The van der Waals surface area contributed by atoms with Crippen LogP contribution < -0.4 is 0 Å². The second-order valence-corrected chi connectivity index (χ2v) is 4.50.